The number of benzene rings is 1. The van der Waals surface area contributed by atoms with Crippen molar-refractivity contribution in [3.05, 3.63) is 42.3 Å². The molecule has 1 heteroatoms. The molecule has 1 radical (unpaired) electrons. The Morgan fingerprint density at radius 2 is 2.20 bits per heavy atom. The van der Waals surface area contributed by atoms with E-state index in [9.17, 15) is 0 Å². The molecule has 0 aliphatic heterocycles. The van der Waals surface area contributed by atoms with Gasteiger partial charge in [-0.3, -0.25) is 0 Å². The molecule has 0 amide bonds. The second-order valence-corrected chi connectivity index (χ2v) is 2.29. The third-order valence-corrected chi connectivity index (χ3v) is 1.39. The fourth-order valence-electron chi connectivity index (χ4n) is 0.914. The maximum atomic E-state index is 8.59. The van der Waals surface area contributed by atoms with E-state index >= 15 is 0 Å². The average Bonchev–Trinajstić information content (AvgIpc) is 1.88. The normalized spacial score (nSPS) is 9.80. The van der Waals surface area contributed by atoms with Crippen LogP contribution in [0.2, 0.25) is 0 Å². The number of hydrogen-bond donors (Lipinski definition) is 1. The Morgan fingerprint density at radius 3 is 2.80 bits per heavy atom. The first kappa shape index (κ1) is 7.29. The van der Waals surface area contributed by atoms with Crippen LogP contribution in [0.15, 0.2) is 24.3 Å². The maximum Gasteiger partial charge on any atom is 0.0471 e. The highest BCUT2D eigenvalue weighted by molar-refractivity contribution is 5.25. The highest BCUT2D eigenvalue weighted by Gasteiger charge is 1.89. The predicted octanol–water partition coefficient (Wildman–Crippen LogP) is 1.40. The van der Waals surface area contributed by atoms with E-state index in [1.165, 1.54) is 0 Å². The van der Waals surface area contributed by atoms with Crippen molar-refractivity contribution < 1.29 is 5.11 Å². The van der Waals surface area contributed by atoms with Gasteiger partial charge in [0.25, 0.3) is 0 Å². The molecule has 0 unspecified atom stereocenters. The quantitative estimate of drug-likeness (QED) is 0.650. The van der Waals surface area contributed by atoms with Crippen LogP contribution < -0.4 is 0 Å². The minimum atomic E-state index is 0.212. The largest absolute Gasteiger partial charge is 0.396 e. The minimum Gasteiger partial charge on any atom is -0.396 e. The van der Waals surface area contributed by atoms with E-state index in [2.05, 4.69) is 6.92 Å². The lowest BCUT2D eigenvalue weighted by Gasteiger charge is -1.97. The van der Waals surface area contributed by atoms with Gasteiger partial charge in [0.05, 0.1) is 0 Å². The Hall–Kier alpha value is -0.820. The summed E-state index contributed by atoms with van der Waals surface area (Å²) in [6.45, 7) is 3.99. The molecule has 0 atom stereocenters. The fraction of sp³-hybridized carbons (Fsp3) is 0.222. The van der Waals surface area contributed by atoms with E-state index in [0.717, 1.165) is 17.5 Å². The van der Waals surface area contributed by atoms with Crippen LogP contribution in [0.25, 0.3) is 0 Å². The van der Waals surface area contributed by atoms with E-state index < -0.39 is 0 Å². The van der Waals surface area contributed by atoms with Crippen molar-refractivity contribution in [3.63, 3.8) is 0 Å². The lowest BCUT2D eigenvalue weighted by atomic mass is 10.1. The van der Waals surface area contributed by atoms with Gasteiger partial charge in [-0.1, -0.05) is 24.3 Å². The molecule has 0 aliphatic carbocycles. The van der Waals surface area contributed by atoms with Crippen LogP contribution in [0.4, 0.5) is 0 Å². The van der Waals surface area contributed by atoms with Crippen LogP contribution in [0.3, 0.4) is 0 Å². The summed E-state index contributed by atoms with van der Waals surface area (Å²) in [7, 11) is 0. The average molecular weight is 135 g/mol. The number of rotatable bonds is 2. The zero-order valence-corrected chi connectivity index (χ0v) is 5.88. The van der Waals surface area contributed by atoms with Crippen molar-refractivity contribution in [1.82, 2.24) is 0 Å². The zero-order valence-electron chi connectivity index (χ0n) is 5.88. The Kier molecular flexibility index (Phi) is 2.46. The van der Waals surface area contributed by atoms with Gasteiger partial charge >= 0.3 is 0 Å². The highest BCUT2D eigenvalue weighted by Crippen LogP contribution is 2.03. The highest BCUT2D eigenvalue weighted by atomic mass is 16.2. The molecule has 0 saturated carbocycles. The Labute approximate surface area is 61.3 Å². The van der Waals surface area contributed by atoms with Gasteiger partial charge in [0.15, 0.2) is 0 Å². The molecule has 1 nitrogen and oxygen atoms in total. The molecule has 53 valence electrons. The molecule has 0 heterocycles. The smallest absolute Gasteiger partial charge is 0.0471 e. The van der Waals surface area contributed by atoms with Crippen molar-refractivity contribution in [2.45, 2.75) is 6.42 Å². The van der Waals surface area contributed by atoms with Crippen LogP contribution in [-0.2, 0) is 6.42 Å². The minimum absolute atomic E-state index is 0.212. The standard InChI is InChI=1S/C9H11O/c1-8-3-2-4-9(7-8)5-6-10/h2-4,7,10H,1,5-6H2. The molecule has 0 aromatic heterocycles. The summed E-state index contributed by atoms with van der Waals surface area (Å²) in [5, 5.41) is 8.59. The van der Waals surface area contributed by atoms with Gasteiger partial charge in [0.1, 0.15) is 0 Å². The monoisotopic (exact) mass is 135 g/mol. The summed E-state index contributed by atoms with van der Waals surface area (Å²) >= 11 is 0. The van der Waals surface area contributed by atoms with Gasteiger partial charge in [-0.05, 0) is 24.5 Å². The number of hydrogen-bond acceptors (Lipinski definition) is 1. The molecule has 1 N–H and O–H groups in total. The molecule has 1 rings (SSSR count). The first-order valence-corrected chi connectivity index (χ1v) is 3.34. The molecule has 10 heavy (non-hydrogen) atoms. The maximum absolute atomic E-state index is 8.59. The first-order valence-electron chi connectivity index (χ1n) is 3.34. The summed E-state index contributed by atoms with van der Waals surface area (Å²) in [5.74, 6) is 0. The molecule has 0 aliphatic rings. The molecular formula is C9H11O. The Balaban J connectivity index is 2.75. The van der Waals surface area contributed by atoms with Gasteiger partial charge < -0.3 is 5.11 Å². The van der Waals surface area contributed by atoms with Crippen molar-refractivity contribution in [2.75, 3.05) is 6.61 Å². The van der Waals surface area contributed by atoms with Gasteiger partial charge in [-0.25, -0.2) is 0 Å². The van der Waals surface area contributed by atoms with E-state index in [-0.39, 0.29) is 6.61 Å². The summed E-state index contributed by atoms with van der Waals surface area (Å²) in [5.41, 5.74) is 2.15. The third-order valence-electron chi connectivity index (χ3n) is 1.39. The second-order valence-electron chi connectivity index (χ2n) is 2.29. The van der Waals surface area contributed by atoms with Crippen molar-refractivity contribution in [1.29, 1.82) is 0 Å². The molecular weight excluding hydrogens is 124 g/mol. The summed E-state index contributed by atoms with van der Waals surface area (Å²) in [6, 6.07) is 7.87. The molecule has 1 aromatic carbocycles. The van der Waals surface area contributed by atoms with Crippen LogP contribution >= 0.6 is 0 Å². The van der Waals surface area contributed by atoms with E-state index in [0.29, 0.717) is 0 Å². The lowest BCUT2D eigenvalue weighted by Crippen LogP contribution is -1.89. The zero-order chi connectivity index (χ0) is 7.40. The van der Waals surface area contributed by atoms with Crippen LogP contribution in [0, 0.1) is 6.92 Å². The van der Waals surface area contributed by atoms with Crippen LogP contribution in [0.5, 0.6) is 0 Å². The van der Waals surface area contributed by atoms with Crippen molar-refractivity contribution in [3.8, 4) is 0 Å². The SMILES string of the molecule is [CH2]c1cccc(CCO)c1. The van der Waals surface area contributed by atoms with E-state index in [1.807, 2.05) is 24.3 Å². The topological polar surface area (TPSA) is 20.2 Å². The second kappa shape index (κ2) is 3.37. The van der Waals surface area contributed by atoms with Crippen LogP contribution in [-0.4, -0.2) is 11.7 Å². The Morgan fingerprint density at radius 1 is 1.40 bits per heavy atom. The number of aliphatic hydroxyl groups is 1. The summed E-state index contributed by atoms with van der Waals surface area (Å²) in [6.07, 6.45) is 0.726. The fourth-order valence-corrected chi connectivity index (χ4v) is 0.914. The summed E-state index contributed by atoms with van der Waals surface area (Å²) in [4.78, 5) is 0. The molecule has 0 fully saturated rings. The first-order chi connectivity index (χ1) is 4.83. The van der Waals surface area contributed by atoms with Gasteiger partial charge in [0, 0.05) is 6.61 Å². The lowest BCUT2D eigenvalue weighted by molar-refractivity contribution is 0.299. The van der Waals surface area contributed by atoms with Crippen molar-refractivity contribution >= 4 is 0 Å². The third kappa shape index (κ3) is 1.85. The summed E-state index contributed by atoms with van der Waals surface area (Å²) < 4.78 is 0. The van der Waals surface area contributed by atoms with Gasteiger partial charge in [0.2, 0.25) is 0 Å². The molecule has 0 saturated heterocycles. The predicted molar refractivity (Wildman–Crippen MR) is 41.7 cm³/mol. The van der Waals surface area contributed by atoms with Gasteiger partial charge in [-0.2, -0.15) is 0 Å². The van der Waals surface area contributed by atoms with E-state index in [4.69, 9.17) is 5.11 Å². The van der Waals surface area contributed by atoms with Crippen LogP contribution in [0.1, 0.15) is 11.1 Å². The van der Waals surface area contributed by atoms with Crippen molar-refractivity contribution in [2.24, 2.45) is 0 Å². The molecule has 0 spiro atoms. The van der Waals surface area contributed by atoms with Gasteiger partial charge in [-0.15, -0.1) is 0 Å². The molecule has 1 aromatic rings. The number of aliphatic hydroxyl groups excluding tert-OH is 1. The molecule has 0 bridgehead atoms. The Bertz CT molecular complexity index is 206. The van der Waals surface area contributed by atoms with E-state index in [1.54, 1.807) is 0 Å².